The van der Waals surface area contributed by atoms with Crippen LogP contribution in [0.15, 0.2) is 36.5 Å². The molecule has 146 valence electrons. The van der Waals surface area contributed by atoms with E-state index in [0.717, 1.165) is 5.92 Å². The molecule has 1 fully saturated rings. The zero-order chi connectivity index (χ0) is 19.8. The summed E-state index contributed by atoms with van der Waals surface area (Å²) in [5, 5.41) is 0. The van der Waals surface area contributed by atoms with Crippen molar-refractivity contribution in [3.8, 4) is 11.3 Å². The van der Waals surface area contributed by atoms with Crippen LogP contribution >= 0.6 is 0 Å². The molecule has 0 spiro atoms. The lowest BCUT2D eigenvalue weighted by molar-refractivity contribution is -0.661. The zero-order valence-electron chi connectivity index (χ0n) is 18.5. The van der Waals surface area contributed by atoms with Crippen molar-refractivity contribution >= 4 is 0 Å². The van der Waals surface area contributed by atoms with E-state index in [-0.39, 0.29) is 10.8 Å². The van der Waals surface area contributed by atoms with Crippen LogP contribution in [0.1, 0.15) is 83.4 Å². The summed E-state index contributed by atoms with van der Waals surface area (Å²) in [5.41, 5.74) is 7.35. The lowest BCUT2D eigenvalue weighted by Crippen LogP contribution is -2.33. The molecular weight excluding hydrogens is 326 g/mol. The van der Waals surface area contributed by atoms with Gasteiger partial charge in [-0.3, -0.25) is 0 Å². The van der Waals surface area contributed by atoms with Crippen molar-refractivity contribution in [3.05, 3.63) is 53.2 Å². The minimum Gasteiger partial charge on any atom is -0.201 e. The first-order valence-electron chi connectivity index (χ1n) is 10.7. The number of rotatable bonds is 3. The summed E-state index contributed by atoms with van der Waals surface area (Å²) < 4.78 is 2.29. The molecule has 1 nitrogen and oxygen atoms in total. The van der Waals surface area contributed by atoms with E-state index < -0.39 is 0 Å². The van der Waals surface area contributed by atoms with Crippen molar-refractivity contribution in [2.24, 2.45) is 13.0 Å². The second-order valence-electron chi connectivity index (χ2n) is 10.3. The molecule has 1 aliphatic carbocycles. The summed E-state index contributed by atoms with van der Waals surface area (Å²) in [6.45, 7) is 14.0. The van der Waals surface area contributed by atoms with Crippen molar-refractivity contribution in [3.63, 3.8) is 0 Å². The number of aryl methyl sites for hydroxylation is 2. The minimum atomic E-state index is 0.180. The second kappa shape index (κ2) is 7.41. The number of hydrogen-bond acceptors (Lipinski definition) is 0. The standard InChI is InChI=1S/C26H38N/c1-19-17-21(26(5,6)20-11-9-8-10-12-20)13-15-23(19)24-16-14-22(18-27(24)7)25(2,3)4/h13-18,20H,8-12H2,1-7H3/q+1. The first-order valence-corrected chi connectivity index (χ1v) is 10.7. The highest BCUT2D eigenvalue weighted by atomic mass is 14.9. The van der Waals surface area contributed by atoms with Crippen LogP contribution in [0, 0.1) is 12.8 Å². The third-order valence-corrected chi connectivity index (χ3v) is 6.87. The van der Waals surface area contributed by atoms with Crippen LogP contribution in [0.5, 0.6) is 0 Å². The van der Waals surface area contributed by atoms with Gasteiger partial charge in [-0.15, -0.1) is 0 Å². The number of nitrogens with zero attached hydrogens (tertiary/aromatic N) is 1. The van der Waals surface area contributed by atoms with Gasteiger partial charge in [-0.2, -0.15) is 0 Å². The molecule has 0 bridgehead atoms. The average Bonchev–Trinajstić information content (AvgIpc) is 2.62. The van der Waals surface area contributed by atoms with E-state index in [9.17, 15) is 0 Å². The van der Waals surface area contributed by atoms with Crippen LogP contribution in [-0.4, -0.2) is 0 Å². The van der Waals surface area contributed by atoms with E-state index in [4.69, 9.17) is 0 Å². The number of benzene rings is 1. The van der Waals surface area contributed by atoms with Gasteiger partial charge in [0.2, 0.25) is 5.69 Å². The summed E-state index contributed by atoms with van der Waals surface area (Å²) in [6.07, 6.45) is 9.29. The fourth-order valence-corrected chi connectivity index (χ4v) is 4.74. The fraction of sp³-hybridized carbons (Fsp3) is 0.577. The normalized spacial score (nSPS) is 16.6. The van der Waals surface area contributed by atoms with Crippen molar-refractivity contribution in [2.45, 2.75) is 84.5 Å². The molecule has 0 N–H and O–H groups in total. The molecule has 1 aromatic heterocycles. The Morgan fingerprint density at radius 3 is 2.04 bits per heavy atom. The van der Waals surface area contributed by atoms with Crippen molar-refractivity contribution < 1.29 is 4.57 Å². The van der Waals surface area contributed by atoms with Gasteiger partial charge < -0.3 is 0 Å². The molecule has 0 amide bonds. The summed E-state index contributed by atoms with van der Waals surface area (Å²) in [4.78, 5) is 0. The smallest absolute Gasteiger partial charge is 0.201 e. The van der Waals surface area contributed by atoms with Crippen LogP contribution in [0.4, 0.5) is 0 Å². The van der Waals surface area contributed by atoms with Crippen LogP contribution in [0.2, 0.25) is 0 Å². The monoisotopic (exact) mass is 364 g/mol. The molecule has 27 heavy (non-hydrogen) atoms. The SMILES string of the molecule is Cc1cc(C(C)(C)C2CCCCC2)ccc1-c1ccc(C(C)(C)C)c[n+]1C. The minimum absolute atomic E-state index is 0.180. The highest BCUT2D eigenvalue weighted by Gasteiger charge is 2.32. The van der Waals surface area contributed by atoms with Crippen LogP contribution in [0.25, 0.3) is 11.3 Å². The lowest BCUT2D eigenvalue weighted by atomic mass is 9.67. The van der Waals surface area contributed by atoms with E-state index >= 15 is 0 Å². The van der Waals surface area contributed by atoms with Gasteiger partial charge in [-0.05, 0) is 59.8 Å². The van der Waals surface area contributed by atoms with Crippen molar-refractivity contribution in [1.82, 2.24) is 0 Å². The molecule has 0 aliphatic heterocycles. The topological polar surface area (TPSA) is 3.88 Å². The quantitative estimate of drug-likeness (QED) is 0.537. The fourth-order valence-electron chi connectivity index (χ4n) is 4.74. The molecule has 3 rings (SSSR count). The van der Waals surface area contributed by atoms with E-state index in [1.165, 1.54) is 60.1 Å². The largest absolute Gasteiger partial charge is 0.212 e. The maximum atomic E-state index is 2.45. The Morgan fingerprint density at radius 1 is 0.852 bits per heavy atom. The molecule has 1 aromatic carbocycles. The summed E-state index contributed by atoms with van der Waals surface area (Å²) in [5.74, 6) is 0.818. The molecular formula is C26H38N+. The molecule has 0 radical (unpaired) electrons. The van der Waals surface area contributed by atoms with Crippen molar-refractivity contribution in [2.75, 3.05) is 0 Å². The Labute approximate surface area is 166 Å². The van der Waals surface area contributed by atoms with Crippen molar-refractivity contribution in [1.29, 1.82) is 0 Å². The van der Waals surface area contributed by atoms with E-state index in [2.05, 4.69) is 89.7 Å². The number of aromatic nitrogens is 1. The summed E-state index contributed by atoms with van der Waals surface area (Å²) in [6, 6.07) is 11.8. The molecule has 1 heteroatoms. The molecule has 0 saturated heterocycles. The molecule has 2 aromatic rings. The maximum absolute atomic E-state index is 2.45. The Bertz CT molecular complexity index is 801. The molecule has 0 unspecified atom stereocenters. The van der Waals surface area contributed by atoms with Gasteiger partial charge in [0.25, 0.3) is 0 Å². The third kappa shape index (κ3) is 4.13. The van der Waals surface area contributed by atoms with Gasteiger partial charge >= 0.3 is 0 Å². The predicted octanol–water partition coefficient (Wildman–Crippen LogP) is 6.64. The third-order valence-electron chi connectivity index (χ3n) is 6.87. The Balaban J connectivity index is 1.93. The first-order chi connectivity index (χ1) is 12.6. The highest BCUT2D eigenvalue weighted by molar-refractivity contribution is 5.62. The molecule has 0 atom stereocenters. The Kier molecular flexibility index (Phi) is 5.52. The lowest BCUT2D eigenvalue weighted by Gasteiger charge is -2.38. The first kappa shape index (κ1) is 20.1. The van der Waals surface area contributed by atoms with Gasteiger partial charge in [0.1, 0.15) is 7.05 Å². The van der Waals surface area contributed by atoms with Gasteiger partial charge in [-0.1, -0.05) is 66.0 Å². The van der Waals surface area contributed by atoms with E-state index in [1.807, 2.05) is 0 Å². The summed E-state index contributed by atoms with van der Waals surface area (Å²) >= 11 is 0. The van der Waals surface area contributed by atoms with Crippen LogP contribution < -0.4 is 4.57 Å². The van der Waals surface area contributed by atoms with Gasteiger partial charge in [-0.25, -0.2) is 4.57 Å². The van der Waals surface area contributed by atoms with E-state index in [1.54, 1.807) is 0 Å². The Morgan fingerprint density at radius 2 is 1.48 bits per heavy atom. The molecule has 1 saturated carbocycles. The maximum Gasteiger partial charge on any atom is 0.212 e. The zero-order valence-corrected chi connectivity index (χ0v) is 18.5. The number of hydrogen-bond donors (Lipinski definition) is 0. The van der Waals surface area contributed by atoms with Crippen LogP contribution in [0.3, 0.4) is 0 Å². The summed E-state index contributed by atoms with van der Waals surface area (Å²) in [7, 11) is 2.17. The molecule has 1 heterocycles. The van der Waals surface area contributed by atoms with Gasteiger partial charge in [0.05, 0.1) is 0 Å². The Hall–Kier alpha value is -1.63. The van der Waals surface area contributed by atoms with Gasteiger partial charge in [0, 0.05) is 17.2 Å². The van der Waals surface area contributed by atoms with Crippen LogP contribution in [-0.2, 0) is 17.9 Å². The van der Waals surface area contributed by atoms with Gasteiger partial charge in [0.15, 0.2) is 6.20 Å². The predicted molar refractivity (Wildman–Crippen MR) is 116 cm³/mol. The average molecular weight is 365 g/mol. The van der Waals surface area contributed by atoms with E-state index in [0.29, 0.717) is 0 Å². The number of pyridine rings is 1. The highest BCUT2D eigenvalue weighted by Crippen LogP contribution is 2.41. The molecule has 1 aliphatic rings. The second-order valence-corrected chi connectivity index (χ2v) is 10.3.